The van der Waals surface area contributed by atoms with Crippen molar-refractivity contribution in [1.29, 1.82) is 5.41 Å². The van der Waals surface area contributed by atoms with E-state index in [2.05, 4.69) is 26.3 Å². The zero-order valence-electron chi connectivity index (χ0n) is 31.8. The lowest BCUT2D eigenvalue weighted by atomic mass is 10.0. The average Bonchev–Trinajstić information content (AvgIpc) is 3.88. The predicted molar refractivity (Wildman–Crippen MR) is 204 cm³/mol. The van der Waals surface area contributed by atoms with E-state index in [0.29, 0.717) is 31.5 Å². The number of guanidine groups is 1. The molecule has 2 aliphatic rings. The van der Waals surface area contributed by atoms with Gasteiger partial charge in [0.05, 0.1) is 12.2 Å². The summed E-state index contributed by atoms with van der Waals surface area (Å²) in [6, 6.07) is 13.2. The molecule has 0 saturated carbocycles. The second-order valence-electron chi connectivity index (χ2n) is 14.1. The van der Waals surface area contributed by atoms with Crippen LogP contribution in [0, 0.1) is 11.3 Å². The van der Waals surface area contributed by atoms with Crippen LogP contribution in [0.2, 0.25) is 0 Å². The summed E-state index contributed by atoms with van der Waals surface area (Å²) >= 11 is 0. The molecule has 2 heterocycles. The van der Waals surface area contributed by atoms with E-state index in [-0.39, 0.29) is 57.3 Å². The molecule has 0 radical (unpaired) electrons. The Labute approximate surface area is 325 Å². The van der Waals surface area contributed by atoms with Gasteiger partial charge in [0.2, 0.25) is 17.7 Å². The van der Waals surface area contributed by atoms with E-state index >= 15 is 0 Å². The number of benzene rings is 2. The first-order valence-electron chi connectivity index (χ1n) is 18.8. The molecule has 56 heavy (non-hydrogen) atoms. The zero-order chi connectivity index (χ0) is 40.6. The molecule has 18 heteroatoms. The van der Waals surface area contributed by atoms with E-state index in [4.69, 9.17) is 15.9 Å². The van der Waals surface area contributed by atoms with E-state index in [1.807, 2.05) is 44.2 Å². The molecule has 0 aromatic heterocycles. The van der Waals surface area contributed by atoms with Crippen molar-refractivity contribution in [2.75, 3.05) is 26.2 Å². The van der Waals surface area contributed by atoms with Gasteiger partial charge in [0, 0.05) is 19.6 Å². The minimum absolute atomic E-state index is 0.0192. The van der Waals surface area contributed by atoms with E-state index in [9.17, 15) is 33.9 Å². The van der Waals surface area contributed by atoms with E-state index < -0.39 is 66.4 Å². The first kappa shape index (κ1) is 42.7. The van der Waals surface area contributed by atoms with Crippen LogP contribution in [0.3, 0.4) is 0 Å². The number of carboxylic acids is 1. The summed E-state index contributed by atoms with van der Waals surface area (Å²) in [6.07, 6.45) is 1.44. The molecule has 0 spiro atoms. The first-order chi connectivity index (χ1) is 26.8. The fraction of sp³-hybridized carbons (Fsp3) is 0.500. The van der Waals surface area contributed by atoms with Gasteiger partial charge in [-0.15, -0.1) is 5.11 Å². The summed E-state index contributed by atoms with van der Waals surface area (Å²) in [5, 5.41) is 34.4. The lowest BCUT2D eigenvalue weighted by Crippen LogP contribution is -2.55. The van der Waals surface area contributed by atoms with Crippen molar-refractivity contribution in [3.8, 4) is 0 Å². The maximum absolute atomic E-state index is 14.0. The minimum Gasteiger partial charge on any atom is -0.480 e. The highest BCUT2D eigenvalue weighted by molar-refractivity contribution is 5.95. The number of nitrogens with two attached hydrogens (primary N) is 1. The van der Waals surface area contributed by atoms with Gasteiger partial charge >= 0.3 is 12.1 Å². The second kappa shape index (κ2) is 21.1. The number of likely N-dealkylation sites (tertiary alicyclic amines) is 2. The lowest BCUT2D eigenvalue weighted by Gasteiger charge is -2.30. The molecule has 2 aliphatic heterocycles. The molecule has 2 aromatic carbocycles. The van der Waals surface area contributed by atoms with Crippen molar-refractivity contribution in [3.05, 3.63) is 66.2 Å². The molecule has 2 saturated heterocycles. The van der Waals surface area contributed by atoms with Crippen LogP contribution in [0.15, 0.2) is 71.0 Å². The molecular formula is C38H52N10O8. The number of carbonyl (C=O) groups excluding carboxylic acids is 5. The Balaban J connectivity index is 1.40. The van der Waals surface area contributed by atoms with E-state index in [0.717, 1.165) is 10.6 Å². The Kier molecular flexibility index (Phi) is 16.1. The summed E-state index contributed by atoms with van der Waals surface area (Å²) < 4.78 is 5.46. The number of nitrogens with one attached hydrogen (secondary N) is 4. The topological polar surface area (TPSA) is 252 Å². The smallest absolute Gasteiger partial charge is 0.410 e. The molecule has 18 nitrogen and oxygen atoms in total. The van der Waals surface area contributed by atoms with Crippen molar-refractivity contribution in [1.82, 2.24) is 30.8 Å². The molecule has 4 atom stereocenters. The van der Waals surface area contributed by atoms with Gasteiger partial charge in [-0.3, -0.25) is 29.5 Å². The first-order valence-corrected chi connectivity index (χ1v) is 18.8. The molecule has 0 bridgehead atoms. The SMILES string of the molecule is CC(C)C[C@H](NC(=O)[C@@H]1CCCN1C(=O)OCc1ccccc1)C(=O)NCC(=O)N1CCC[C@H]1C(=O)N(N=Nc1ccccc1)[C@H](CCCNC(=N)N)C(=O)O. The molecule has 2 aromatic rings. The quantitative estimate of drug-likeness (QED) is 0.0424. The Hall–Kier alpha value is -6.07. The fourth-order valence-electron chi connectivity index (χ4n) is 6.62. The van der Waals surface area contributed by atoms with Gasteiger partial charge in [0.1, 0.15) is 24.7 Å². The molecule has 4 rings (SSSR count). The summed E-state index contributed by atoms with van der Waals surface area (Å²) in [7, 11) is 0. The monoisotopic (exact) mass is 776 g/mol. The predicted octanol–water partition coefficient (Wildman–Crippen LogP) is 2.67. The van der Waals surface area contributed by atoms with Crippen molar-refractivity contribution in [2.24, 2.45) is 22.0 Å². The minimum atomic E-state index is -1.44. The lowest BCUT2D eigenvalue weighted by molar-refractivity contribution is -0.154. The normalized spacial score (nSPS) is 17.6. The Morgan fingerprint density at radius 2 is 1.59 bits per heavy atom. The van der Waals surface area contributed by atoms with Crippen LogP contribution in [0.25, 0.3) is 0 Å². The number of amides is 5. The zero-order valence-corrected chi connectivity index (χ0v) is 31.8. The highest BCUT2D eigenvalue weighted by atomic mass is 16.6. The third-order valence-corrected chi connectivity index (χ3v) is 9.40. The van der Waals surface area contributed by atoms with Crippen LogP contribution in [0.4, 0.5) is 10.5 Å². The standard InChI is InChI=1S/C38H52N10O8/c1-25(2)22-28(43-34(51)29-17-10-21-47(29)38(55)56-24-26-12-5-3-6-13-26)33(50)42-23-32(49)46-20-11-18-30(46)35(52)48(45-44-27-14-7-4-8-15-27)31(36(53)54)16-9-19-41-37(39)40/h3-8,12-15,25,28-31H,9-11,16-24H2,1-2H3,(H,42,50)(H,43,51)(H,53,54)(H4,39,40,41)/t28-,29-,30-,31+/m0/s1. The number of hydrogen-bond donors (Lipinski definition) is 6. The van der Waals surface area contributed by atoms with Crippen LogP contribution in [0.1, 0.15) is 64.4 Å². The number of carbonyl (C=O) groups is 6. The Morgan fingerprint density at radius 3 is 2.23 bits per heavy atom. The molecule has 0 aliphatic carbocycles. The van der Waals surface area contributed by atoms with Gasteiger partial charge in [-0.25, -0.2) is 9.59 Å². The van der Waals surface area contributed by atoms with Gasteiger partial charge in [0.25, 0.3) is 5.91 Å². The molecule has 2 fully saturated rings. The molecule has 0 unspecified atom stereocenters. The summed E-state index contributed by atoms with van der Waals surface area (Å²) in [5.41, 5.74) is 6.52. The van der Waals surface area contributed by atoms with E-state index in [1.54, 1.807) is 30.3 Å². The maximum atomic E-state index is 14.0. The number of carboxylic acid groups (broad SMARTS) is 1. The number of rotatable bonds is 18. The third kappa shape index (κ3) is 12.5. The average molecular weight is 777 g/mol. The second-order valence-corrected chi connectivity index (χ2v) is 14.1. The highest BCUT2D eigenvalue weighted by Crippen LogP contribution is 2.24. The Bertz CT molecular complexity index is 1710. The van der Waals surface area contributed by atoms with Crippen LogP contribution in [-0.4, -0.2) is 112 Å². The summed E-state index contributed by atoms with van der Waals surface area (Å²) in [6.45, 7) is 4.02. The van der Waals surface area contributed by atoms with Gasteiger partial charge < -0.3 is 36.4 Å². The molecule has 5 amide bonds. The van der Waals surface area contributed by atoms with Crippen LogP contribution in [0.5, 0.6) is 0 Å². The fourth-order valence-corrected chi connectivity index (χ4v) is 6.62. The van der Waals surface area contributed by atoms with Crippen molar-refractivity contribution in [3.63, 3.8) is 0 Å². The number of nitrogens with zero attached hydrogens (tertiary/aromatic N) is 5. The number of aliphatic carboxylic acids is 1. The van der Waals surface area contributed by atoms with Gasteiger partial charge in [-0.05, 0) is 68.6 Å². The molecular weight excluding hydrogens is 724 g/mol. The Morgan fingerprint density at radius 1 is 0.946 bits per heavy atom. The van der Waals surface area contributed by atoms with Gasteiger partial charge in [-0.1, -0.05) is 67.6 Å². The van der Waals surface area contributed by atoms with Crippen LogP contribution < -0.4 is 21.7 Å². The van der Waals surface area contributed by atoms with Crippen molar-refractivity contribution in [2.45, 2.75) is 89.6 Å². The van der Waals surface area contributed by atoms with Crippen LogP contribution in [-0.2, 0) is 35.3 Å². The van der Waals surface area contributed by atoms with Gasteiger partial charge in [0.15, 0.2) is 12.0 Å². The maximum Gasteiger partial charge on any atom is 0.410 e. The summed E-state index contributed by atoms with van der Waals surface area (Å²) in [4.78, 5) is 82.7. The third-order valence-electron chi connectivity index (χ3n) is 9.40. The van der Waals surface area contributed by atoms with E-state index in [1.165, 1.54) is 9.80 Å². The number of ether oxygens (including phenoxy) is 1. The largest absolute Gasteiger partial charge is 0.480 e. The van der Waals surface area contributed by atoms with Crippen LogP contribution >= 0.6 is 0 Å². The van der Waals surface area contributed by atoms with Crippen molar-refractivity contribution < 1.29 is 38.6 Å². The molecule has 7 N–H and O–H groups in total. The highest BCUT2D eigenvalue weighted by Gasteiger charge is 2.41. The number of hydrogen-bond acceptors (Lipinski definition) is 10. The van der Waals surface area contributed by atoms with Crippen molar-refractivity contribution >= 4 is 47.3 Å². The van der Waals surface area contributed by atoms with Gasteiger partial charge in [-0.2, -0.15) is 5.01 Å². The summed E-state index contributed by atoms with van der Waals surface area (Å²) in [5.74, 6) is -4.08. The molecule has 302 valence electrons.